The second-order valence-corrected chi connectivity index (χ2v) is 4.61. The van der Waals surface area contributed by atoms with Crippen LogP contribution in [0.2, 0.25) is 0 Å². The number of hydrogen-bond donors (Lipinski definition) is 6. The summed E-state index contributed by atoms with van der Waals surface area (Å²) in [5, 5.41) is 54.8. The molecule has 0 aromatic rings. The molecule has 0 saturated carbocycles. The van der Waals surface area contributed by atoms with Gasteiger partial charge in [0.25, 0.3) is 0 Å². The zero-order valence-electron chi connectivity index (χ0n) is 11.8. The summed E-state index contributed by atoms with van der Waals surface area (Å²) in [6.45, 7) is -2.80. The number of aliphatic hydroxyl groups is 3. The van der Waals surface area contributed by atoms with Gasteiger partial charge in [0.1, 0.15) is 5.41 Å². The van der Waals surface area contributed by atoms with Crippen molar-refractivity contribution in [3.8, 4) is 0 Å². The molecule has 0 bridgehead atoms. The lowest BCUT2D eigenvalue weighted by Crippen LogP contribution is -2.62. The van der Waals surface area contributed by atoms with Crippen LogP contribution in [0.5, 0.6) is 0 Å². The van der Waals surface area contributed by atoms with E-state index in [1.807, 2.05) is 0 Å². The molecule has 1 atom stereocenters. The van der Waals surface area contributed by atoms with Crippen molar-refractivity contribution in [2.45, 2.75) is 24.9 Å². The van der Waals surface area contributed by atoms with E-state index >= 15 is 0 Å². The standard InChI is InChI=1S/C12H20O10/c13-3-1-11(2-4-14,9(18)19)12(10(20)21,7-8(16)17)22-6-5-15/h13-15H,1-7H2,(H,16,17)(H,18,19)(H,20,21). The molecule has 6 N–H and O–H groups in total. The molecule has 0 saturated heterocycles. The smallest absolute Gasteiger partial charge is 0.337 e. The lowest BCUT2D eigenvalue weighted by molar-refractivity contribution is -0.210. The van der Waals surface area contributed by atoms with Gasteiger partial charge in [0.2, 0.25) is 0 Å². The molecule has 0 rings (SSSR count). The van der Waals surface area contributed by atoms with Crippen LogP contribution in [0.4, 0.5) is 0 Å². The Kier molecular flexibility index (Phi) is 7.95. The van der Waals surface area contributed by atoms with Gasteiger partial charge < -0.3 is 35.4 Å². The number of carboxylic acids is 3. The number of ether oxygens (including phenoxy) is 1. The summed E-state index contributed by atoms with van der Waals surface area (Å²) < 4.78 is 4.95. The van der Waals surface area contributed by atoms with Crippen LogP contribution in [0.15, 0.2) is 0 Å². The van der Waals surface area contributed by atoms with Crippen molar-refractivity contribution in [3.63, 3.8) is 0 Å². The highest BCUT2D eigenvalue weighted by Crippen LogP contribution is 2.44. The molecule has 1 unspecified atom stereocenters. The van der Waals surface area contributed by atoms with Gasteiger partial charge in [-0.3, -0.25) is 9.59 Å². The summed E-state index contributed by atoms with van der Waals surface area (Å²) in [7, 11) is 0. The van der Waals surface area contributed by atoms with E-state index in [1.165, 1.54) is 0 Å². The number of aliphatic carboxylic acids is 3. The van der Waals surface area contributed by atoms with E-state index in [4.69, 9.17) is 25.2 Å². The van der Waals surface area contributed by atoms with E-state index in [9.17, 15) is 24.6 Å². The van der Waals surface area contributed by atoms with Crippen LogP contribution in [-0.4, -0.2) is 80.6 Å². The molecular weight excluding hydrogens is 304 g/mol. The number of carbonyl (C=O) groups is 3. The first-order chi connectivity index (χ1) is 10.2. The van der Waals surface area contributed by atoms with E-state index < -0.39 is 74.6 Å². The molecule has 0 aliphatic rings. The average Bonchev–Trinajstić information content (AvgIpc) is 2.42. The molecule has 22 heavy (non-hydrogen) atoms. The SMILES string of the molecule is O=C(O)CC(OCCO)(C(=O)O)C(CCO)(CCO)C(=O)O. The maximum atomic E-state index is 11.7. The summed E-state index contributed by atoms with van der Waals surface area (Å²) >= 11 is 0. The Balaban J connectivity index is 6.25. The molecule has 0 aliphatic heterocycles. The summed E-state index contributed by atoms with van der Waals surface area (Å²) in [5.41, 5.74) is -5.13. The third-order valence-electron chi connectivity index (χ3n) is 3.44. The highest BCUT2D eigenvalue weighted by molar-refractivity contribution is 5.92. The van der Waals surface area contributed by atoms with Gasteiger partial charge in [-0.2, -0.15) is 0 Å². The van der Waals surface area contributed by atoms with Crippen LogP contribution in [0.25, 0.3) is 0 Å². The molecule has 0 amide bonds. The van der Waals surface area contributed by atoms with E-state index in [2.05, 4.69) is 0 Å². The number of aliphatic hydroxyl groups excluding tert-OH is 3. The molecule has 10 nitrogen and oxygen atoms in total. The molecule has 0 aromatic heterocycles. The number of carboxylic acid groups (broad SMARTS) is 3. The Labute approximate surface area is 125 Å². The predicted octanol–water partition coefficient (Wildman–Crippen LogP) is -1.87. The van der Waals surface area contributed by atoms with Gasteiger partial charge >= 0.3 is 17.9 Å². The highest BCUT2D eigenvalue weighted by atomic mass is 16.5. The van der Waals surface area contributed by atoms with Gasteiger partial charge in [0, 0.05) is 13.2 Å². The lowest BCUT2D eigenvalue weighted by Gasteiger charge is -2.43. The fourth-order valence-electron chi connectivity index (χ4n) is 2.43. The largest absolute Gasteiger partial charge is 0.481 e. The molecular formula is C12H20O10. The minimum Gasteiger partial charge on any atom is -0.481 e. The Morgan fingerprint density at radius 3 is 1.59 bits per heavy atom. The van der Waals surface area contributed by atoms with Crippen molar-refractivity contribution in [2.75, 3.05) is 26.4 Å². The third kappa shape index (κ3) is 3.91. The van der Waals surface area contributed by atoms with Gasteiger partial charge in [-0.15, -0.1) is 0 Å². The van der Waals surface area contributed by atoms with E-state index in [0.29, 0.717) is 0 Å². The summed E-state index contributed by atoms with van der Waals surface area (Å²) in [6, 6.07) is 0. The fraction of sp³-hybridized carbons (Fsp3) is 0.750. The minimum absolute atomic E-state index is 0.620. The second kappa shape index (κ2) is 8.63. The topological polar surface area (TPSA) is 182 Å². The van der Waals surface area contributed by atoms with Crippen molar-refractivity contribution >= 4 is 17.9 Å². The zero-order valence-corrected chi connectivity index (χ0v) is 11.8. The Hall–Kier alpha value is -1.75. The first kappa shape index (κ1) is 20.2. The van der Waals surface area contributed by atoms with Gasteiger partial charge in [0.05, 0.1) is 19.6 Å². The summed E-state index contributed by atoms with van der Waals surface area (Å²) in [5.74, 6) is -5.23. The van der Waals surface area contributed by atoms with Crippen LogP contribution in [0, 0.1) is 5.41 Å². The van der Waals surface area contributed by atoms with Crippen molar-refractivity contribution in [3.05, 3.63) is 0 Å². The molecule has 0 aromatic carbocycles. The second-order valence-electron chi connectivity index (χ2n) is 4.61. The summed E-state index contributed by atoms with van der Waals surface area (Å²) in [6.07, 6.45) is -2.50. The predicted molar refractivity (Wildman–Crippen MR) is 69.1 cm³/mol. The monoisotopic (exact) mass is 324 g/mol. The van der Waals surface area contributed by atoms with Crippen LogP contribution in [0.1, 0.15) is 19.3 Å². The van der Waals surface area contributed by atoms with Crippen molar-refractivity contribution in [1.29, 1.82) is 0 Å². The Morgan fingerprint density at radius 1 is 0.818 bits per heavy atom. The number of hydrogen-bond acceptors (Lipinski definition) is 7. The van der Waals surface area contributed by atoms with Crippen LogP contribution in [-0.2, 0) is 19.1 Å². The normalized spacial score (nSPS) is 14.3. The molecule has 0 fully saturated rings. The van der Waals surface area contributed by atoms with Crippen LogP contribution in [0.3, 0.4) is 0 Å². The maximum Gasteiger partial charge on any atom is 0.337 e. The van der Waals surface area contributed by atoms with E-state index in [1.54, 1.807) is 0 Å². The lowest BCUT2D eigenvalue weighted by atomic mass is 9.65. The quantitative estimate of drug-likeness (QED) is 0.238. The molecule has 0 heterocycles. The molecule has 10 heteroatoms. The minimum atomic E-state index is -2.75. The van der Waals surface area contributed by atoms with Gasteiger partial charge in [0.15, 0.2) is 5.60 Å². The van der Waals surface area contributed by atoms with Crippen molar-refractivity contribution in [1.82, 2.24) is 0 Å². The Morgan fingerprint density at radius 2 is 1.32 bits per heavy atom. The van der Waals surface area contributed by atoms with E-state index in [-0.39, 0.29) is 0 Å². The highest BCUT2D eigenvalue weighted by Gasteiger charge is 2.63. The van der Waals surface area contributed by atoms with Gasteiger partial charge in [-0.05, 0) is 12.8 Å². The van der Waals surface area contributed by atoms with Crippen LogP contribution < -0.4 is 0 Å². The first-order valence-electron chi connectivity index (χ1n) is 6.39. The maximum absolute atomic E-state index is 11.7. The third-order valence-corrected chi connectivity index (χ3v) is 3.44. The number of rotatable bonds is 12. The first-order valence-corrected chi connectivity index (χ1v) is 6.39. The summed E-state index contributed by atoms with van der Waals surface area (Å²) in [4.78, 5) is 34.4. The van der Waals surface area contributed by atoms with Gasteiger partial charge in [-0.1, -0.05) is 0 Å². The zero-order chi connectivity index (χ0) is 17.4. The Bertz CT molecular complexity index is 401. The molecule has 0 radical (unpaired) electrons. The molecule has 0 aliphatic carbocycles. The average molecular weight is 324 g/mol. The van der Waals surface area contributed by atoms with Crippen LogP contribution >= 0.6 is 0 Å². The van der Waals surface area contributed by atoms with Crippen molar-refractivity contribution in [2.24, 2.45) is 5.41 Å². The van der Waals surface area contributed by atoms with E-state index in [0.717, 1.165) is 0 Å². The van der Waals surface area contributed by atoms with Gasteiger partial charge in [-0.25, -0.2) is 4.79 Å². The molecule has 128 valence electrons. The van der Waals surface area contributed by atoms with Crippen molar-refractivity contribution < 1.29 is 49.8 Å². The molecule has 0 spiro atoms. The fourth-order valence-corrected chi connectivity index (χ4v) is 2.43.